The maximum absolute atomic E-state index is 14.4. The predicted molar refractivity (Wildman–Crippen MR) is 121 cm³/mol. The molecular weight excluding hydrogens is 440 g/mol. The standard InChI is InChI=1S/C23H26Cl2FN3O2/c1-27-23(31)18-7-5-15(10-21(18)26)9-17(29(2)13-14-3-4-14)12-28-22(30)16-6-8-19(24)20(25)11-16/h5-8,10-11,14,17H,3-4,9,12-13H2,1-2H3,(H,27,31)(H,28,30)/t17-/m0/s1. The topological polar surface area (TPSA) is 61.4 Å². The largest absolute Gasteiger partial charge is 0.355 e. The average molecular weight is 466 g/mol. The lowest BCUT2D eigenvalue weighted by molar-refractivity contribution is 0.0934. The van der Waals surface area contributed by atoms with E-state index in [4.69, 9.17) is 23.2 Å². The molecule has 1 atom stereocenters. The summed E-state index contributed by atoms with van der Waals surface area (Å²) in [5.41, 5.74) is 1.21. The fraction of sp³-hybridized carbons (Fsp3) is 0.391. The average Bonchev–Trinajstić information content (AvgIpc) is 3.56. The van der Waals surface area contributed by atoms with E-state index in [1.54, 1.807) is 18.2 Å². The van der Waals surface area contributed by atoms with Crippen molar-refractivity contribution >= 4 is 35.0 Å². The molecule has 1 aliphatic rings. The van der Waals surface area contributed by atoms with Crippen LogP contribution in [-0.2, 0) is 6.42 Å². The van der Waals surface area contributed by atoms with E-state index < -0.39 is 11.7 Å². The Balaban J connectivity index is 1.70. The van der Waals surface area contributed by atoms with Crippen molar-refractivity contribution in [2.75, 3.05) is 27.2 Å². The lowest BCUT2D eigenvalue weighted by Crippen LogP contribution is -2.44. The maximum atomic E-state index is 14.4. The number of hydrogen-bond donors (Lipinski definition) is 2. The molecule has 3 rings (SSSR count). The first-order chi connectivity index (χ1) is 14.8. The van der Waals surface area contributed by atoms with Crippen molar-refractivity contribution in [3.05, 3.63) is 69.0 Å². The fourth-order valence-electron chi connectivity index (χ4n) is 3.47. The number of nitrogens with zero attached hydrogens (tertiary/aromatic N) is 1. The van der Waals surface area contributed by atoms with Gasteiger partial charge in [-0.1, -0.05) is 29.3 Å². The first-order valence-electron chi connectivity index (χ1n) is 10.2. The highest BCUT2D eigenvalue weighted by Gasteiger charge is 2.27. The Kier molecular flexibility index (Phi) is 7.92. The van der Waals surface area contributed by atoms with Crippen molar-refractivity contribution in [3.63, 3.8) is 0 Å². The minimum Gasteiger partial charge on any atom is -0.355 e. The van der Waals surface area contributed by atoms with Crippen molar-refractivity contribution in [1.29, 1.82) is 0 Å². The van der Waals surface area contributed by atoms with Crippen LogP contribution in [0, 0.1) is 11.7 Å². The highest BCUT2D eigenvalue weighted by Crippen LogP contribution is 2.30. The number of likely N-dealkylation sites (N-methyl/N-ethyl adjacent to an activating group) is 1. The van der Waals surface area contributed by atoms with Gasteiger partial charge in [-0.3, -0.25) is 9.59 Å². The number of halogens is 3. The molecule has 0 spiro atoms. The molecule has 2 aromatic carbocycles. The van der Waals surface area contributed by atoms with Gasteiger partial charge in [-0.2, -0.15) is 0 Å². The molecule has 1 saturated carbocycles. The number of carbonyl (C=O) groups is 2. The van der Waals surface area contributed by atoms with E-state index in [1.807, 2.05) is 7.05 Å². The van der Waals surface area contributed by atoms with Crippen LogP contribution in [0.5, 0.6) is 0 Å². The van der Waals surface area contributed by atoms with Crippen molar-refractivity contribution in [1.82, 2.24) is 15.5 Å². The zero-order chi connectivity index (χ0) is 22.5. The number of benzene rings is 2. The monoisotopic (exact) mass is 465 g/mol. The molecule has 0 aromatic heterocycles. The van der Waals surface area contributed by atoms with E-state index in [9.17, 15) is 14.0 Å². The van der Waals surface area contributed by atoms with Crippen LogP contribution in [-0.4, -0.2) is 49.9 Å². The molecule has 0 radical (unpaired) electrons. The van der Waals surface area contributed by atoms with Crippen LogP contribution in [0.4, 0.5) is 4.39 Å². The molecule has 166 valence electrons. The third kappa shape index (κ3) is 6.42. The van der Waals surface area contributed by atoms with E-state index in [0.29, 0.717) is 34.5 Å². The van der Waals surface area contributed by atoms with Crippen molar-refractivity contribution in [3.8, 4) is 0 Å². The summed E-state index contributed by atoms with van der Waals surface area (Å²) in [5.74, 6) is -0.587. The van der Waals surface area contributed by atoms with Crippen molar-refractivity contribution in [2.24, 2.45) is 5.92 Å². The molecule has 0 heterocycles. The Morgan fingerprint density at radius 3 is 2.48 bits per heavy atom. The molecule has 0 bridgehead atoms. The van der Waals surface area contributed by atoms with Crippen LogP contribution < -0.4 is 10.6 Å². The minimum atomic E-state index is -0.555. The minimum absolute atomic E-state index is 0.0158. The summed E-state index contributed by atoms with van der Waals surface area (Å²) in [7, 11) is 3.48. The summed E-state index contributed by atoms with van der Waals surface area (Å²) >= 11 is 11.9. The summed E-state index contributed by atoms with van der Waals surface area (Å²) in [5, 5.41) is 6.10. The van der Waals surface area contributed by atoms with E-state index in [1.165, 1.54) is 38.1 Å². The smallest absolute Gasteiger partial charge is 0.253 e. The van der Waals surface area contributed by atoms with E-state index in [2.05, 4.69) is 15.5 Å². The lowest BCUT2D eigenvalue weighted by atomic mass is 10.0. The van der Waals surface area contributed by atoms with Crippen LogP contribution in [0.25, 0.3) is 0 Å². The molecule has 2 amide bonds. The molecule has 8 heteroatoms. The van der Waals surface area contributed by atoms with Gasteiger partial charge in [0, 0.05) is 31.7 Å². The molecule has 0 saturated heterocycles. The second kappa shape index (κ2) is 10.4. The van der Waals surface area contributed by atoms with Gasteiger partial charge in [-0.05, 0) is 68.1 Å². The van der Waals surface area contributed by atoms with Crippen LogP contribution in [0.15, 0.2) is 36.4 Å². The Morgan fingerprint density at radius 1 is 1.13 bits per heavy atom. The van der Waals surface area contributed by atoms with Gasteiger partial charge >= 0.3 is 0 Å². The van der Waals surface area contributed by atoms with Gasteiger partial charge in [0.1, 0.15) is 5.82 Å². The zero-order valence-electron chi connectivity index (χ0n) is 17.6. The summed E-state index contributed by atoms with van der Waals surface area (Å²) < 4.78 is 14.4. The highest BCUT2D eigenvalue weighted by molar-refractivity contribution is 6.42. The van der Waals surface area contributed by atoms with Gasteiger partial charge in [0.2, 0.25) is 0 Å². The second-order valence-corrected chi connectivity index (χ2v) is 8.79. The quantitative estimate of drug-likeness (QED) is 0.583. The number of rotatable bonds is 9. The number of carbonyl (C=O) groups excluding carboxylic acids is 2. The van der Waals surface area contributed by atoms with Crippen molar-refractivity contribution < 1.29 is 14.0 Å². The molecule has 0 unspecified atom stereocenters. The van der Waals surface area contributed by atoms with E-state index >= 15 is 0 Å². The lowest BCUT2D eigenvalue weighted by Gasteiger charge is -2.29. The normalized spacial score (nSPS) is 14.4. The SMILES string of the molecule is CNC(=O)c1ccc(C[C@@H](CNC(=O)c2ccc(Cl)c(Cl)c2)N(C)CC2CC2)cc1F. The van der Waals surface area contributed by atoms with Crippen LogP contribution in [0.3, 0.4) is 0 Å². The first kappa shape index (κ1) is 23.5. The number of nitrogens with one attached hydrogen (secondary N) is 2. The van der Waals surface area contributed by atoms with Gasteiger partial charge in [0.05, 0.1) is 15.6 Å². The molecular formula is C23H26Cl2FN3O2. The summed E-state index contributed by atoms with van der Waals surface area (Å²) in [6, 6.07) is 9.36. The highest BCUT2D eigenvalue weighted by atomic mass is 35.5. The van der Waals surface area contributed by atoms with Crippen LogP contribution in [0.2, 0.25) is 10.0 Å². The third-order valence-electron chi connectivity index (χ3n) is 5.52. The van der Waals surface area contributed by atoms with Gasteiger partial charge < -0.3 is 15.5 Å². The van der Waals surface area contributed by atoms with Gasteiger partial charge in [0.15, 0.2) is 0 Å². The molecule has 1 fully saturated rings. The summed E-state index contributed by atoms with van der Waals surface area (Å²) in [6.07, 6.45) is 2.96. The van der Waals surface area contributed by atoms with Gasteiger partial charge in [-0.15, -0.1) is 0 Å². The van der Waals surface area contributed by atoms with E-state index in [-0.39, 0.29) is 17.5 Å². The predicted octanol–water partition coefficient (Wildman–Crippen LogP) is 4.18. The first-order valence-corrected chi connectivity index (χ1v) is 11.0. The van der Waals surface area contributed by atoms with Crippen LogP contribution >= 0.6 is 23.2 Å². The Hall–Kier alpha value is -2.15. The molecule has 5 nitrogen and oxygen atoms in total. The third-order valence-corrected chi connectivity index (χ3v) is 6.26. The Bertz CT molecular complexity index is 966. The van der Waals surface area contributed by atoms with Crippen LogP contribution in [0.1, 0.15) is 39.1 Å². The van der Waals surface area contributed by atoms with Gasteiger partial charge in [-0.25, -0.2) is 4.39 Å². The molecule has 2 aromatic rings. The van der Waals surface area contributed by atoms with Crippen molar-refractivity contribution in [2.45, 2.75) is 25.3 Å². The second-order valence-electron chi connectivity index (χ2n) is 7.97. The van der Waals surface area contributed by atoms with Gasteiger partial charge in [0.25, 0.3) is 11.8 Å². The summed E-state index contributed by atoms with van der Waals surface area (Å²) in [6.45, 7) is 1.31. The number of amides is 2. The fourth-order valence-corrected chi connectivity index (χ4v) is 3.77. The molecule has 0 aliphatic heterocycles. The Labute approximate surface area is 191 Å². The van der Waals surface area contributed by atoms with E-state index in [0.717, 1.165) is 12.1 Å². The molecule has 2 N–H and O–H groups in total. The molecule has 31 heavy (non-hydrogen) atoms. The Morgan fingerprint density at radius 2 is 1.87 bits per heavy atom. The maximum Gasteiger partial charge on any atom is 0.253 e. The molecule has 1 aliphatic carbocycles. The zero-order valence-corrected chi connectivity index (χ0v) is 19.1. The number of hydrogen-bond acceptors (Lipinski definition) is 3. The summed E-state index contributed by atoms with van der Waals surface area (Å²) in [4.78, 5) is 26.5.